The predicted octanol–water partition coefficient (Wildman–Crippen LogP) is 2.94. The summed E-state index contributed by atoms with van der Waals surface area (Å²) in [5.41, 5.74) is -0.968. The molecule has 0 saturated heterocycles. The summed E-state index contributed by atoms with van der Waals surface area (Å²) in [6.07, 6.45) is -4.08. The SMILES string of the molecule is CN(C)[C@H](CNC(=O)Cn1cc(C(F)(F)F)cc(Cl)c1=O)c1ccccc1. The number of nitrogens with zero attached hydrogens (tertiary/aromatic N) is 2. The van der Waals surface area contributed by atoms with Gasteiger partial charge in [-0.05, 0) is 25.7 Å². The summed E-state index contributed by atoms with van der Waals surface area (Å²) >= 11 is 5.59. The molecule has 1 N–H and O–H groups in total. The van der Waals surface area contributed by atoms with Crippen molar-refractivity contribution in [2.24, 2.45) is 0 Å². The van der Waals surface area contributed by atoms with Crippen LogP contribution >= 0.6 is 11.6 Å². The van der Waals surface area contributed by atoms with Crippen LogP contribution in [0.1, 0.15) is 17.2 Å². The molecule has 0 bridgehead atoms. The Morgan fingerprint density at radius 1 is 1.26 bits per heavy atom. The molecule has 0 fully saturated rings. The fourth-order valence-corrected chi connectivity index (χ4v) is 2.79. The average Bonchev–Trinajstić information content (AvgIpc) is 2.58. The van der Waals surface area contributed by atoms with Crippen LogP contribution in [0.4, 0.5) is 13.2 Å². The third-order valence-corrected chi connectivity index (χ3v) is 4.25. The second kappa shape index (κ2) is 8.58. The van der Waals surface area contributed by atoms with Crippen LogP contribution in [-0.2, 0) is 17.5 Å². The number of hydrogen-bond donors (Lipinski definition) is 1. The molecular formula is C18H19ClF3N3O2. The molecule has 27 heavy (non-hydrogen) atoms. The number of pyridine rings is 1. The first kappa shape index (κ1) is 21.0. The lowest BCUT2D eigenvalue weighted by atomic mass is 10.1. The molecule has 0 aliphatic rings. The highest BCUT2D eigenvalue weighted by Gasteiger charge is 2.32. The summed E-state index contributed by atoms with van der Waals surface area (Å²) in [7, 11) is 3.70. The maximum atomic E-state index is 12.9. The van der Waals surface area contributed by atoms with Crippen LogP contribution in [-0.4, -0.2) is 36.0 Å². The molecule has 146 valence electrons. The maximum Gasteiger partial charge on any atom is 0.417 e. The summed E-state index contributed by atoms with van der Waals surface area (Å²) in [5.74, 6) is -0.588. The number of carbonyl (C=O) groups is 1. The quantitative estimate of drug-likeness (QED) is 0.809. The van der Waals surface area contributed by atoms with Gasteiger partial charge in [-0.3, -0.25) is 9.59 Å². The van der Waals surface area contributed by atoms with Crippen molar-refractivity contribution in [1.82, 2.24) is 14.8 Å². The van der Waals surface area contributed by atoms with E-state index in [1.54, 1.807) is 0 Å². The van der Waals surface area contributed by atoms with Crippen LogP contribution < -0.4 is 10.9 Å². The zero-order chi connectivity index (χ0) is 20.2. The molecule has 5 nitrogen and oxygen atoms in total. The van der Waals surface area contributed by atoms with Gasteiger partial charge in [-0.15, -0.1) is 0 Å². The second-order valence-corrected chi connectivity index (χ2v) is 6.61. The number of alkyl halides is 3. The number of amides is 1. The van der Waals surface area contributed by atoms with E-state index in [1.807, 2.05) is 49.3 Å². The van der Waals surface area contributed by atoms with Crippen molar-refractivity contribution < 1.29 is 18.0 Å². The van der Waals surface area contributed by atoms with E-state index in [2.05, 4.69) is 5.32 Å². The van der Waals surface area contributed by atoms with Gasteiger partial charge in [0.2, 0.25) is 5.91 Å². The summed E-state index contributed by atoms with van der Waals surface area (Å²) in [6.45, 7) is -0.325. The molecule has 0 aliphatic carbocycles. The minimum Gasteiger partial charge on any atom is -0.353 e. The fraction of sp³-hybridized carbons (Fsp3) is 0.333. The third kappa shape index (κ3) is 5.58. The number of nitrogens with one attached hydrogen (secondary N) is 1. The molecule has 0 saturated carbocycles. The van der Waals surface area contributed by atoms with Crippen LogP contribution in [0, 0.1) is 0 Å². The Hall–Kier alpha value is -2.32. The highest BCUT2D eigenvalue weighted by Crippen LogP contribution is 2.29. The van der Waals surface area contributed by atoms with Gasteiger partial charge in [0.1, 0.15) is 11.6 Å². The summed E-state index contributed by atoms with van der Waals surface area (Å²) in [4.78, 5) is 26.0. The van der Waals surface area contributed by atoms with Crippen molar-refractivity contribution in [2.75, 3.05) is 20.6 Å². The third-order valence-electron chi connectivity index (χ3n) is 3.98. The largest absolute Gasteiger partial charge is 0.417 e. The van der Waals surface area contributed by atoms with Crippen LogP contribution in [0.3, 0.4) is 0 Å². The molecule has 0 radical (unpaired) electrons. The Kier molecular flexibility index (Phi) is 6.67. The molecule has 0 aliphatic heterocycles. The first-order valence-corrected chi connectivity index (χ1v) is 8.42. The summed E-state index contributed by atoms with van der Waals surface area (Å²) in [6, 6.07) is 9.86. The Morgan fingerprint density at radius 3 is 2.44 bits per heavy atom. The van der Waals surface area contributed by atoms with Gasteiger partial charge in [0, 0.05) is 12.7 Å². The lowest BCUT2D eigenvalue weighted by Gasteiger charge is -2.25. The van der Waals surface area contributed by atoms with Gasteiger partial charge < -0.3 is 14.8 Å². The van der Waals surface area contributed by atoms with E-state index in [0.29, 0.717) is 16.8 Å². The molecule has 0 unspecified atom stereocenters. The summed E-state index contributed by atoms with van der Waals surface area (Å²) in [5, 5.41) is 2.06. The predicted molar refractivity (Wildman–Crippen MR) is 96.6 cm³/mol. The Morgan fingerprint density at radius 2 is 1.89 bits per heavy atom. The number of rotatable bonds is 6. The average molecular weight is 402 g/mol. The first-order chi connectivity index (χ1) is 12.6. The second-order valence-electron chi connectivity index (χ2n) is 6.20. The number of likely N-dealkylation sites (N-methyl/N-ethyl adjacent to an activating group) is 1. The minimum absolute atomic E-state index is 0.128. The molecule has 1 heterocycles. The summed E-state index contributed by atoms with van der Waals surface area (Å²) < 4.78 is 39.3. The highest BCUT2D eigenvalue weighted by atomic mass is 35.5. The van der Waals surface area contributed by atoms with Gasteiger partial charge in [0.05, 0.1) is 11.6 Å². The van der Waals surface area contributed by atoms with Crippen molar-refractivity contribution in [3.05, 3.63) is 69.1 Å². The van der Waals surface area contributed by atoms with Crippen molar-refractivity contribution >= 4 is 17.5 Å². The van der Waals surface area contributed by atoms with Crippen molar-refractivity contribution in [3.63, 3.8) is 0 Å². The lowest BCUT2D eigenvalue weighted by molar-refractivity contribution is -0.138. The van der Waals surface area contributed by atoms with Gasteiger partial charge in [-0.25, -0.2) is 0 Å². The molecule has 2 aromatic rings. The van der Waals surface area contributed by atoms with Crippen LogP contribution in [0.15, 0.2) is 47.4 Å². The molecule has 0 spiro atoms. The molecule has 1 aromatic carbocycles. The number of halogens is 4. The molecule has 2 rings (SSSR count). The normalized spacial score (nSPS) is 12.9. The molecular weight excluding hydrogens is 383 g/mol. The van der Waals surface area contributed by atoms with E-state index < -0.39 is 34.8 Å². The van der Waals surface area contributed by atoms with E-state index in [0.717, 1.165) is 5.56 Å². The van der Waals surface area contributed by atoms with Crippen LogP contribution in [0.2, 0.25) is 5.02 Å². The maximum absolute atomic E-state index is 12.9. The van der Waals surface area contributed by atoms with E-state index in [-0.39, 0.29) is 12.6 Å². The Balaban J connectivity index is 2.11. The highest BCUT2D eigenvalue weighted by molar-refractivity contribution is 6.30. The number of carbonyl (C=O) groups excluding carboxylic acids is 1. The van der Waals surface area contributed by atoms with Crippen molar-refractivity contribution in [2.45, 2.75) is 18.8 Å². The monoisotopic (exact) mass is 401 g/mol. The standard InChI is InChI=1S/C18H19ClF3N3O2/c1-24(2)15(12-6-4-3-5-7-12)9-23-16(26)11-25-10-13(18(20,21)22)8-14(19)17(25)27/h3-8,10,15H,9,11H2,1-2H3,(H,23,26)/t15-/m1/s1. The van der Waals surface area contributed by atoms with Gasteiger partial charge in [-0.2, -0.15) is 13.2 Å². The van der Waals surface area contributed by atoms with E-state index in [9.17, 15) is 22.8 Å². The smallest absolute Gasteiger partial charge is 0.353 e. The molecule has 1 amide bonds. The zero-order valence-corrected chi connectivity index (χ0v) is 15.5. The van der Waals surface area contributed by atoms with Gasteiger partial charge in [-0.1, -0.05) is 41.9 Å². The molecule has 1 atom stereocenters. The van der Waals surface area contributed by atoms with Crippen LogP contribution in [0.25, 0.3) is 0 Å². The zero-order valence-electron chi connectivity index (χ0n) is 14.8. The van der Waals surface area contributed by atoms with Crippen LogP contribution in [0.5, 0.6) is 0 Å². The van der Waals surface area contributed by atoms with Gasteiger partial charge in [0.15, 0.2) is 0 Å². The molecule has 1 aromatic heterocycles. The van der Waals surface area contributed by atoms with Gasteiger partial charge >= 0.3 is 6.18 Å². The first-order valence-electron chi connectivity index (χ1n) is 8.05. The van der Waals surface area contributed by atoms with Crippen molar-refractivity contribution in [3.8, 4) is 0 Å². The Labute approximate surface area is 159 Å². The van der Waals surface area contributed by atoms with Gasteiger partial charge in [0.25, 0.3) is 5.56 Å². The number of hydrogen-bond acceptors (Lipinski definition) is 3. The minimum atomic E-state index is -4.67. The number of aromatic nitrogens is 1. The van der Waals surface area contributed by atoms with E-state index >= 15 is 0 Å². The Bertz CT molecular complexity index is 851. The van der Waals surface area contributed by atoms with E-state index in [1.165, 1.54) is 0 Å². The molecule has 9 heteroatoms. The lowest BCUT2D eigenvalue weighted by Crippen LogP contribution is -2.38. The van der Waals surface area contributed by atoms with Crippen molar-refractivity contribution in [1.29, 1.82) is 0 Å². The number of benzene rings is 1. The fourth-order valence-electron chi connectivity index (χ4n) is 2.57. The topological polar surface area (TPSA) is 54.3 Å². The van der Waals surface area contributed by atoms with E-state index in [4.69, 9.17) is 11.6 Å².